The molecule has 2 amide bonds. The summed E-state index contributed by atoms with van der Waals surface area (Å²) in [5.74, 6) is -2.68. The molecule has 8 unspecified atom stereocenters. The molecule has 2 aromatic rings. The summed E-state index contributed by atoms with van der Waals surface area (Å²) in [6, 6.07) is 0. The van der Waals surface area contributed by atoms with Crippen LogP contribution in [0.5, 0.6) is 0 Å². The van der Waals surface area contributed by atoms with Gasteiger partial charge in [-0.15, -0.1) is 0 Å². The molecule has 60 heavy (non-hydrogen) atoms. The van der Waals surface area contributed by atoms with Gasteiger partial charge >= 0.3 is 29.4 Å². The number of carboxylic acids is 1. The maximum absolute atomic E-state index is 12.7. The number of ether oxygens (including phenoxy) is 1. The van der Waals surface area contributed by atoms with Crippen molar-refractivity contribution < 1.29 is 95.5 Å². The number of phosphoric acid groups is 3. The minimum atomic E-state index is -5.59. The van der Waals surface area contributed by atoms with Gasteiger partial charge in [0, 0.05) is 43.5 Å². The molecule has 0 spiro atoms. The maximum atomic E-state index is 12.7. The van der Waals surface area contributed by atoms with Gasteiger partial charge in [0.25, 0.3) is 0 Å². The van der Waals surface area contributed by atoms with Crippen molar-refractivity contribution >= 4 is 75.1 Å². The summed E-state index contributed by atoms with van der Waals surface area (Å²) in [6.07, 6.45) is -5.19. The predicted octanol–water partition coefficient (Wildman–Crippen LogP) is -1.16. The quantitative estimate of drug-likeness (QED) is 0.0318. The number of carboxylic acid groups (broad SMARTS) is 1. The number of phosphoric ester groups is 3. The van der Waals surface area contributed by atoms with Crippen LogP contribution in [0, 0.1) is 5.41 Å². The van der Waals surface area contributed by atoms with Gasteiger partial charge < -0.3 is 61.1 Å². The molecular weight excluding hydrogens is 891 g/mol. The van der Waals surface area contributed by atoms with Crippen LogP contribution in [0.3, 0.4) is 0 Å². The van der Waals surface area contributed by atoms with Crippen molar-refractivity contribution in [3.05, 3.63) is 24.8 Å². The summed E-state index contributed by atoms with van der Waals surface area (Å²) >= 11 is 0.962. The number of hydrogen-bond donors (Lipinski definition) is 11. The summed E-state index contributed by atoms with van der Waals surface area (Å²) < 4.78 is 62.1. The van der Waals surface area contributed by atoms with E-state index < -0.39 is 96.6 Å². The van der Waals surface area contributed by atoms with E-state index in [1.165, 1.54) is 19.9 Å². The SMILES string of the molecule is CC(C)(COP(=O)(O)OP(=O)(O)OCC1OC(n2cnc3c(N)ncnc32)C(O)C1OP(=O)(O)O)C(O)C(=O)NCCC(=O)NCCSC(=O)CC/C=C/CC(O)C(=O)O. The van der Waals surface area contributed by atoms with Gasteiger partial charge in [0.05, 0.1) is 19.5 Å². The van der Waals surface area contributed by atoms with E-state index in [9.17, 15) is 67.8 Å². The first-order chi connectivity index (χ1) is 27.8. The second-order valence-corrected chi connectivity index (χ2v) is 18.8. The number of imidazole rings is 1. The van der Waals surface area contributed by atoms with Gasteiger partial charge in [0.1, 0.15) is 36.3 Å². The Kier molecular flexibility index (Phi) is 18.9. The average molecular weight is 938 g/mol. The number of nitrogens with two attached hydrogens (primary N) is 1. The summed E-state index contributed by atoms with van der Waals surface area (Å²) in [6.45, 7) is 0.254. The van der Waals surface area contributed by atoms with E-state index in [0.29, 0.717) is 6.42 Å². The number of allylic oxidation sites excluding steroid dienone is 1. The fourth-order valence-corrected chi connectivity index (χ4v) is 8.54. The van der Waals surface area contributed by atoms with Crippen molar-refractivity contribution in [3.63, 3.8) is 0 Å². The Hall–Kier alpha value is -3.27. The van der Waals surface area contributed by atoms with Gasteiger partial charge in [-0.25, -0.2) is 33.4 Å². The largest absolute Gasteiger partial charge is 0.481 e. The van der Waals surface area contributed by atoms with Gasteiger partial charge in [0.2, 0.25) is 11.8 Å². The number of carbonyl (C=O) groups is 4. The van der Waals surface area contributed by atoms with Crippen LogP contribution in [-0.4, -0.2) is 145 Å². The number of thioether (sulfide) groups is 1. The Balaban J connectivity index is 1.42. The van der Waals surface area contributed by atoms with E-state index >= 15 is 0 Å². The van der Waals surface area contributed by atoms with Crippen LogP contribution in [0.1, 0.15) is 45.8 Å². The molecule has 27 nitrogen and oxygen atoms in total. The third-order valence-electron chi connectivity index (χ3n) is 8.09. The molecular formula is C29H46N7O20P3S. The fourth-order valence-electron chi connectivity index (χ4n) is 5.01. The molecule has 31 heteroatoms. The highest BCUT2D eigenvalue weighted by Crippen LogP contribution is 2.61. The summed E-state index contributed by atoms with van der Waals surface area (Å²) in [5.41, 5.74) is 4.20. The Morgan fingerprint density at radius 1 is 1.02 bits per heavy atom. The fraction of sp³-hybridized carbons (Fsp3) is 0.621. The number of anilines is 1. The van der Waals surface area contributed by atoms with E-state index in [4.69, 9.17) is 24.6 Å². The minimum absolute atomic E-state index is 0.0178. The smallest absolute Gasteiger partial charge is 0.479 e. The zero-order chi connectivity index (χ0) is 45.1. The number of fused-ring (bicyclic) bond motifs is 1. The Labute approximate surface area is 344 Å². The van der Waals surface area contributed by atoms with Gasteiger partial charge in [0.15, 0.2) is 28.9 Å². The molecule has 1 aliphatic rings. The third-order valence-corrected chi connectivity index (χ3v) is 12.1. The number of rotatable bonds is 25. The molecule has 0 saturated carbocycles. The normalized spacial score (nSPS) is 21.6. The number of amides is 2. The average Bonchev–Trinajstić information content (AvgIpc) is 3.71. The zero-order valence-corrected chi connectivity index (χ0v) is 35.2. The lowest BCUT2D eigenvalue weighted by atomic mass is 9.87. The molecule has 8 atom stereocenters. The predicted molar refractivity (Wildman–Crippen MR) is 204 cm³/mol. The lowest BCUT2D eigenvalue weighted by molar-refractivity contribution is -0.146. The van der Waals surface area contributed by atoms with Crippen LogP contribution in [-0.2, 0) is 55.5 Å². The monoisotopic (exact) mass is 937 g/mol. The van der Waals surface area contributed by atoms with Crippen LogP contribution in [0.15, 0.2) is 24.8 Å². The number of aromatic nitrogens is 4. The molecule has 0 aliphatic carbocycles. The molecule has 3 heterocycles. The molecule has 0 bridgehead atoms. The van der Waals surface area contributed by atoms with Crippen LogP contribution < -0.4 is 16.4 Å². The molecule has 0 aromatic carbocycles. The molecule has 3 rings (SSSR count). The van der Waals surface area contributed by atoms with Crippen LogP contribution in [0.2, 0.25) is 0 Å². The number of nitrogens with one attached hydrogen (secondary N) is 2. The topological polar surface area (TPSA) is 421 Å². The number of aliphatic hydroxyl groups excluding tert-OH is 3. The molecule has 12 N–H and O–H groups in total. The summed E-state index contributed by atoms with van der Waals surface area (Å²) in [7, 11) is -16.5. The maximum Gasteiger partial charge on any atom is 0.481 e. The second-order valence-electron chi connectivity index (χ2n) is 13.4. The minimum Gasteiger partial charge on any atom is -0.479 e. The highest BCUT2D eigenvalue weighted by Gasteiger charge is 2.50. The van der Waals surface area contributed by atoms with Crippen molar-refractivity contribution in [2.24, 2.45) is 5.41 Å². The van der Waals surface area contributed by atoms with Gasteiger partial charge in [-0.3, -0.25) is 32.5 Å². The van der Waals surface area contributed by atoms with Crippen molar-refractivity contribution in [2.45, 2.75) is 76.3 Å². The summed E-state index contributed by atoms with van der Waals surface area (Å²) in [4.78, 5) is 98.1. The zero-order valence-electron chi connectivity index (χ0n) is 31.7. The van der Waals surface area contributed by atoms with Crippen LogP contribution >= 0.6 is 35.2 Å². The first-order valence-electron chi connectivity index (χ1n) is 17.4. The van der Waals surface area contributed by atoms with E-state index in [1.54, 1.807) is 6.08 Å². The molecule has 1 fully saturated rings. The van der Waals surface area contributed by atoms with E-state index in [0.717, 1.165) is 29.0 Å². The van der Waals surface area contributed by atoms with Crippen molar-refractivity contribution in [1.82, 2.24) is 30.2 Å². The number of aliphatic carboxylic acids is 1. The number of nitrogen functional groups attached to an aromatic ring is 1. The van der Waals surface area contributed by atoms with Gasteiger partial charge in [-0.2, -0.15) is 4.31 Å². The van der Waals surface area contributed by atoms with Crippen LogP contribution in [0.25, 0.3) is 11.2 Å². The number of aliphatic hydroxyl groups is 3. The lowest BCUT2D eigenvalue weighted by Gasteiger charge is -2.30. The molecule has 2 aromatic heterocycles. The first-order valence-corrected chi connectivity index (χ1v) is 22.9. The lowest BCUT2D eigenvalue weighted by Crippen LogP contribution is -2.46. The Morgan fingerprint density at radius 3 is 2.37 bits per heavy atom. The Bertz CT molecular complexity index is 2000. The van der Waals surface area contributed by atoms with Gasteiger partial charge in [-0.05, 0) is 6.42 Å². The number of hydrogen-bond acceptors (Lipinski definition) is 20. The highest BCUT2D eigenvalue weighted by atomic mass is 32.2. The van der Waals surface area contributed by atoms with E-state index in [2.05, 4.69) is 34.4 Å². The van der Waals surface area contributed by atoms with Crippen LogP contribution in [0.4, 0.5) is 5.82 Å². The Morgan fingerprint density at radius 2 is 1.70 bits per heavy atom. The van der Waals surface area contributed by atoms with E-state index in [-0.39, 0.29) is 60.2 Å². The van der Waals surface area contributed by atoms with Crippen molar-refractivity contribution in [1.29, 1.82) is 0 Å². The first kappa shape index (κ1) is 51.1. The van der Waals surface area contributed by atoms with E-state index in [1.807, 2.05) is 0 Å². The number of carbonyl (C=O) groups excluding carboxylic acids is 3. The highest BCUT2D eigenvalue weighted by molar-refractivity contribution is 8.13. The third kappa shape index (κ3) is 16.2. The molecule has 1 aliphatic heterocycles. The van der Waals surface area contributed by atoms with Crippen molar-refractivity contribution in [2.75, 3.05) is 37.8 Å². The second kappa shape index (κ2) is 22.2. The summed E-state index contributed by atoms with van der Waals surface area (Å²) in [5, 5.41) is 43.9. The molecule has 338 valence electrons. The molecule has 0 radical (unpaired) electrons. The standard InChI is InChI=1S/C29H46N7O20P3S/c1-29(2,23(41)26(42)32-9-8-18(38)31-10-11-60-19(39)7-5-3-4-6-16(37)28(43)44)13-53-59(50,51)56-58(48,49)52-12-17-22(55-57(45,46)47)21(40)27(54-17)36-15-35-20-24(30)33-14-34-25(20)36/h3-4,14-17,21-23,27,37,40-41H,5-13H2,1-2H3,(H,31,38)(H,32,42)(H,43,44)(H,48,49)(H,50,51)(H2,30,33,34)(H2,45,46,47)/b4-3+. The van der Waals surface area contributed by atoms with Gasteiger partial charge in [-0.1, -0.05) is 37.8 Å². The number of nitrogens with zero attached hydrogens (tertiary/aromatic N) is 4. The van der Waals surface area contributed by atoms with Crippen molar-refractivity contribution in [3.8, 4) is 0 Å². The molecule has 1 saturated heterocycles.